The summed E-state index contributed by atoms with van der Waals surface area (Å²) in [5, 5.41) is 22.9. The zero-order chi connectivity index (χ0) is 14.4. The summed E-state index contributed by atoms with van der Waals surface area (Å²) >= 11 is 0. The summed E-state index contributed by atoms with van der Waals surface area (Å²) in [5.74, 6) is 0.00334. The minimum absolute atomic E-state index is 0.00334. The standard InChI is InChI=1S/C15H16N2O3/c1-11-15(19)14(13(9-18)7-16-11)8-17-20-10-12-5-3-2-4-6-12/h2-8,18-19H,9-10H2,1H3. The van der Waals surface area contributed by atoms with Crippen LogP contribution in [0.2, 0.25) is 0 Å². The number of nitrogens with zero attached hydrogens (tertiary/aromatic N) is 2. The van der Waals surface area contributed by atoms with Gasteiger partial charge in [0.05, 0.1) is 18.5 Å². The third-order valence-corrected chi connectivity index (χ3v) is 2.86. The molecule has 5 heteroatoms. The van der Waals surface area contributed by atoms with Gasteiger partial charge in [0.1, 0.15) is 12.4 Å². The molecular weight excluding hydrogens is 256 g/mol. The van der Waals surface area contributed by atoms with Crippen LogP contribution in [-0.4, -0.2) is 21.4 Å². The number of oxime groups is 1. The van der Waals surface area contributed by atoms with Crippen LogP contribution < -0.4 is 0 Å². The molecule has 5 nitrogen and oxygen atoms in total. The van der Waals surface area contributed by atoms with Crippen LogP contribution in [0.25, 0.3) is 0 Å². The highest BCUT2D eigenvalue weighted by molar-refractivity contribution is 5.85. The lowest BCUT2D eigenvalue weighted by Crippen LogP contribution is -1.98. The number of aliphatic hydroxyl groups excluding tert-OH is 1. The highest BCUT2D eigenvalue weighted by Gasteiger charge is 2.09. The number of aromatic hydroxyl groups is 1. The Morgan fingerprint density at radius 1 is 1.30 bits per heavy atom. The molecule has 0 unspecified atom stereocenters. The lowest BCUT2D eigenvalue weighted by atomic mass is 10.1. The van der Waals surface area contributed by atoms with Crippen molar-refractivity contribution in [2.24, 2.45) is 5.16 Å². The van der Waals surface area contributed by atoms with E-state index in [0.29, 0.717) is 23.4 Å². The molecule has 104 valence electrons. The van der Waals surface area contributed by atoms with Gasteiger partial charge in [0.2, 0.25) is 0 Å². The van der Waals surface area contributed by atoms with E-state index >= 15 is 0 Å². The van der Waals surface area contributed by atoms with Crippen molar-refractivity contribution >= 4 is 6.21 Å². The Kier molecular flexibility index (Phi) is 4.68. The summed E-state index contributed by atoms with van der Waals surface area (Å²) in [5.41, 5.74) is 2.40. The molecule has 2 rings (SSSR count). The number of benzene rings is 1. The highest BCUT2D eigenvalue weighted by atomic mass is 16.6. The summed E-state index contributed by atoms with van der Waals surface area (Å²) < 4.78 is 0. The van der Waals surface area contributed by atoms with Gasteiger partial charge in [0, 0.05) is 17.3 Å². The summed E-state index contributed by atoms with van der Waals surface area (Å²) in [6.45, 7) is 1.80. The number of aliphatic hydroxyl groups is 1. The van der Waals surface area contributed by atoms with Crippen LogP contribution in [0, 0.1) is 6.92 Å². The number of hydrogen-bond acceptors (Lipinski definition) is 5. The van der Waals surface area contributed by atoms with E-state index in [4.69, 9.17) is 4.84 Å². The maximum atomic E-state index is 9.91. The molecule has 0 aliphatic carbocycles. The number of aromatic nitrogens is 1. The monoisotopic (exact) mass is 272 g/mol. The average Bonchev–Trinajstić information content (AvgIpc) is 2.49. The molecule has 2 aromatic rings. The fraction of sp³-hybridized carbons (Fsp3) is 0.200. The molecule has 0 aliphatic heterocycles. The zero-order valence-electron chi connectivity index (χ0n) is 11.2. The highest BCUT2D eigenvalue weighted by Crippen LogP contribution is 2.21. The molecule has 20 heavy (non-hydrogen) atoms. The minimum atomic E-state index is -0.221. The van der Waals surface area contributed by atoms with E-state index in [9.17, 15) is 10.2 Å². The van der Waals surface area contributed by atoms with Crippen molar-refractivity contribution in [3.8, 4) is 5.75 Å². The quantitative estimate of drug-likeness (QED) is 0.646. The van der Waals surface area contributed by atoms with Gasteiger partial charge in [-0.15, -0.1) is 0 Å². The molecular formula is C15H16N2O3. The zero-order valence-corrected chi connectivity index (χ0v) is 11.2. The normalized spacial score (nSPS) is 10.9. The van der Waals surface area contributed by atoms with Crippen LogP contribution >= 0.6 is 0 Å². The van der Waals surface area contributed by atoms with Crippen LogP contribution in [0.5, 0.6) is 5.75 Å². The van der Waals surface area contributed by atoms with Crippen molar-refractivity contribution in [1.82, 2.24) is 4.98 Å². The van der Waals surface area contributed by atoms with Crippen molar-refractivity contribution in [3.05, 3.63) is 58.9 Å². The van der Waals surface area contributed by atoms with Gasteiger partial charge < -0.3 is 15.1 Å². The molecule has 0 saturated heterocycles. The van der Waals surface area contributed by atoms with E-state index in [0.717, 1.165) is 5.56 Å². The third kappa shape index (κ3) is 3.33. The van der Waals surface area contributed by atoms with Crippen LogP contribution in [0.3, 0.4) is 0 Å². The van der Waals surface area contributed by atoms with Gasteiger partial charge in [-0.05, 0) is 12.5 Å². The fourth-order valence-corrected chi connectivity index (χ4v) is 1.70. The largest absolute Gasteiger partial charge is 0.505 e. The molecule has 0 fully saturated rings. The Balaban J connectivity index is 2.06. The van der Waals surface area contributed by atoms with E-state index < -0.39 is 0 Å². The Labute approximate surface area is 117 Å². The van der Waals surface area contributed by atoms with Gasteiger partial charge in [-0.25, -0.2) is 0 Å². The molecule has 1 aromatic heterocycles. The first kappa shape index (κ1) is 14.0. The Morgan fingerprint density at radius 3 is 2.75 bits per heavy atom. The molecule has 0 aliphatic rings. The molecule has 0 saturated carbocycles. The van der Waals surface area contributed by atoms with Crippen molar-refractivity contribution in [1.29, 1.82) is 0 Å². The predicted molar refractivity (Wildman–Crippen MR) is 75.4 cm³/mol. The number of rotatable bonds is 5. The maximum absolute atomic E-state index is 9.91. The third-order valence-electron chi connectivity index (χ3n) is 2.86. The lowest BCUT2D eigenvalue weighted by molar-refractivity contribution is 0.132. The van der Waals surface area contributed by atoms with Crippen molar-refractivity contribution in [2.75, 3.05) is 0 Å². The summed E-state index contributed by atoms with van der Waals surface area (Å²) in [6.07, 6.45) is 2.89. The first-order chi connectivity index (χ1) is 9.72. The predicted octanol–water partition coefficient (Wildman–Crippen LogP) is 2.14. The van der Waals surface area contributed by atoms with E-state index in [2.05, 4.69) is 10.1 Å². The first-order valence-electron chi connectivity index (χ1n) is 6.20. The molecule has 1 heterocycles. The second-order valence-corrected chi connectivity index (χ2v) is 4.28. The number of hydrogen-bond donors (Lipinski definition) is 2. The molecule has 0 amide bonds. The SMILES string of the molecule is Cc1ncc(CO)c(C=NOCc2ccccc2)c1O. The van der Waals surface area contributed by atoms with Gasteiger partial charge in [-0.2, -0.15) is 0 Å². The van der Waals surface area contributed by atoms with E-state index in [1.165, 1.54) is 12.4 Å². The molecule has 0 atom stereocenters. The van der Waals surface area contributed by atoms with E-state index in [1.807, 2.05) is 30.3 Å². The maximum Gasteiger partial charge on any atom is 0.146 e. The molecule has 1 aromatic carbocycles. The van der Waals surface area contributed by atoms with Crippen LogP contribution in [0.1, 0.15) is 22.4 Å². The first-order valence-corrected chi connectivity index (χ1v) is 6.20. The fourth-order valence-electron chi connectivity index (χ4n) is 1.70. The van der Waals surface area contributed by atoms with Crippen molar-refractivity contribution in [3.63, 3.8) is 0 Å². The smallest absolute Gasteiger partial charge is 0.146 e. The Bertz CT molecular complexity index is 598. The number of pyridine rings is 1. The van der Waals surface area contributed by atoms with Crippen LogP contribution in [0.15, 0.2) is 41.7 Å². The topological polar surface area (TPSA) is 74.9 Å². The second kappa shape index (κ2) is 6.68. The van der Waals surface area contributed by atoms with E-state index in [-0.39, 0.29) is 12.4 Å². The van der Waals surface area contributed by atoms with Gasteiger partial charge in [0.25, 0.3) is 0 Å². The van der Waals surface area contributed by atoms with Gasteiger partial charge in [-0.1, -0.05) is 35.5 Å². The second-order valence-electron chi connectivity index (χ2n) is 4.28. The molecule has 0 radical (unpaired) electrons. The average molecular weight is 272 g/mol. The molecule has 0 bridgehead atoms. The van der Waals surface area contributed by atoms with Crippen LogP contribution in [-0.2, 0) is 18.1 Å². The summed E-state index contributed by atoms with van der Waals surface area (Å²) in [7, 11) is 0. The van der Waals surface area contributed by atoms with Gasteiger partial charge >= 0.3 is 0 Å². The number of aryl methyl sites for hydroxylation is 1. The Hall–Kier alpha value is -2.40. The molecule has 0 spiro atoms. The van der Waals surface area contributed by atoms with Crippen molar-refractivity contribution in [2.45, 2.75) is 20.1 Å². The summed E-state index contributed by atoms with van der Waals surface area (Å²) in [4.78, 5) is 9.15. The lowest BCUT2D eigenvalue weighted by Gasteiger charge is -2.06. The van der Waals surface area contributed by atoms with Crippen molar-refractivity contribution < 1.29 is 15.1 Å². The Morgan fingerprint density at radius 2 is 2.05 bits per heavy atom. The van der Waals surface area contributed by atoms with Gasteiger partial charge in [-0.3, -0.25) is 4.98 Å². The van der Waals surface area contributed by atoms with Crippen LogP contribution in [0.4, 0.5) is 0 Å². The summed E-state index contributed by atoms with van der Waals surface area (Å²) in [6, 6.07) is 9.64. The minimum Gasteiger partial charge on any atom is -0.505 e. The van der Waals surface area contributed by atoms with Gasteiger partial charge in [0.15, 0.2) is 0 Å². The van der Waals surface area contributed by atoms with E-state index in [1.54, 1.807) is 6.92 Å². The molecule has 2 N–H and O–H groups in total.